The van der Waals surface area contributed by atoms with Crippen LogP contribution in [0.25, 0.3) is 0 Å². The Morgan fingerprint density at radius 2 is 1.84 bits per heavy atom. The van der Waals surface area contributed by atoms with Crippen molar-refractivity contribution in [3.63, 3.8) is 0 Å². The summed E-state index contributed by atoms with van der Waals surface area (Å²) in [5, 5.41) is 1.47. The summed E-state index contributed by atoms with van der Waals surface area (Å²) in [5.41, 5.74) is 3.12. The first-order valence-corrected chi connectivity index (χ1v) is 6.85. The fourth-order valence-corrected chi connectivity index (χ4v) is 1.99. The summed E-state index contributed by atoms with van der Waals surface area (Å²) < 4.78 is 5.11. The van der Waals surface area contributed by atoms with Crippen molar-refractivity contribution in [2.45, 2.75) is 26.7 Å². The Morgan fingerprint density at radius 3 is 2.26 bits per heavy atom. The van der Waals surface area contributed by atoms with Crippen LogP contribution >= 0.6 is 11.6 Å². The molecule has 0 radical (unpaired) electrons. The van der Waals surface area contributed by atoms with Crippen molar-refractivity contribution in [2.75, 3.05) is 24.8 Å². The van der Waals surface area contributed by atoms with E-state index in [0.717, 1.165) is 29.7 Å². The third kappa shape index (κ3) is 4.11. The van der Waals surface area contributed by atoms with E-state index < -0.39 is 5.97 Å². The maximum Gasteiger partial charge on any atom is 0.347 e. The molecule has 0 aliphatic heterocycles. The molecule has 0 N–H and O–H groups in total. The Labute approximate surface area is 119 Å². The van der Waals surface area contributed by atoms with Gasteiger partial charge in [0.25, 0.3) is 0 Å². The topological polar surface area (TPSA) is 38.8 Å². The van der Waals surface area contributed by atoms with E-state index in [9.17, 15) is 4.79 Å². The maximum atomic E-state index is 11.4. The van der Waals surface area contributed by atoms with Crippen LogP contribution in [0, 0.1) is 0 Å². The first-order chi connectivity index (χ1) is 9.17. The molecule has 5 heteroatoms. The van der Waals surface area contributed by atoms with Gasteiger partial charge in [-0.1, -0.05) is 32.0 Å². The van der Waals surface area contributed by atoms with Gasteiger partial charge in [0.05, 0.1) is 5.69 Å². The molecule has 0 aliphatic carbocycles. The lowest BCUT2D eigenvalue weighted by Gasteiger charge is -2.26. The molecule has 4 nitrogen and oxygen atoms in total. The molecule has 0 amide bonds. The fourth-order valence-electron chi connectivity index (χ4n) is 1.94. The number of hydrogen-bond donors (Lipinski definition) is 0. The van der Waals surface area contributed by atoms with Gasteiger partial charge in [-0.05, 0) is 24.0 Å². The molecule has 19 heavy (non-hydrogen) atoms. The van der Waals surface area contributed by atoms with E-state index in [4.69, 9.17) is 21.2 Å². The van der Waals surface area contributed by atoms with Gasteiger partial charge in [-0.3, -0.25) is 0 Å². The van der Waals surface area contributed by atoms with E-state index in [1.165, 1.54) is 5.06 Å². The summed E-state index contributed by atoms with van der Waals surface area (Å²) in [6.07, 6.45) is 1.70. The number of halogens is 1. The molecule has 1 aromatic rings. The number of aryl methyl sites for hydroxylation is 2. The average molecular weight is 286 g/mol. The van der Waals surface area contributed by atoms with Crippen LogP contribution in [-0.4, -0.2) is 25.7 Å². The molecule has 0 spiro atoms. The lowest BCUT2D eigenvalue weighted by molar-refractivity contribution is -0.144. The van der Waals surface area contributed by atoms with Crippen molar-refractivity contribution in [3.05, 3.63) is 29.3 Å². The minimum atomic E-state index is -0.494. The number of alkyl halides is 1. The number of ether oxygens (including phenoxy) is 1. The number of hydrogen-bond acceptors (Lipinski definition) is 4. The van der Waals surface area contributed by atoms with Gasteiger partial charge in [0.2, 0.25) is 0 Å². The van der Waals surface area contributed by atoms with Crippen LogP contribution in [0.1, 0.15) is 25.0 Å². The zero-order valence-corrected chi connectivity index (χ0v) is 12.4. The standard InChI is InChI=1S/C14H20ClNO3/c1-4-11-7-6-8-12(5-2)14(11)16(10-18-3)19-13(17)9-15/h6-8H,4-5,9-10H2,1-3H3. The summed E-state index contributed by atoms with van der Waals surface area (Å²) in [6, 6.07) is 6.05. The van der Waals surface area contributed by atoms with Crippen LogP contribution in [0.5, 0.6) is 0 Å². The molecule has 1 aromatic carbocycles. The average Bonchev–Trinajstić information content (AvgIpc) is 2.45. The van der Waals surface area contributed by atoms with Gasteiger partial charge in [0.15, 0.2) is 6.73 Å². The maximum absolute atomic E-state index is 11.4. The lowest BCUT2D eigenvalue weighted by atomic mass is 10.0. The summed E-state index contributed by atoms with van der Waals surface area (Å²) in [6.45, 7) is 4.30. The highest BCUT2D eigenvalue weighted by Gasteiger charge is 2.18. The number of nitrogens with zero attached hydrogens (tertiary/aromatic N) is 1. The lowest BCUT2D eigenvalue weighted by Crippen LogP contribution is -2.31. The van der Waals surface area contributed by atoms with Gasteiger partial charge < -0.3 is 9.57 Å². The Kier molecular flexibility index (Phi) is 6.67. The van der Waals surface area contributed by atoms with E-state index in [1.54, 1.807) is 7.11 Å². The summed E-state index contributed by atoms with van der Waals surface area (Å²) in [5.74, 6) is -0.678. The van der Waals surface area contributed by atoms with Gasteiger partial charge >= 0.3 is 5.97 Å². The minimum Gasteiger partial charge on any atom is -0.361 e. The highest BCUT2D eigenvalue weighted by molar-refractivity contribution is 6.26. The van der Waals surface area contributed by atoms with Crippen LogP contribution < -0.4 is 5.06 Å². The second-order valence-electron chi connectivity index (χ2n) is 4.03. The highest BCUT2D eigenvalue weighted by atomic mass is 35.5. The van der Waals surface area contributed by atoms with Gasteiger partial charge in [0, 0.05) is 7.11 Å². The number of hydroxylamine groups is 1. The zero-order chi connectivity index (χ0) is 14.3. The van der Waals surface area contributed by atoms with Gasteiger partial charge in [-0.2, -0.15) is 5.06 Å². The Morgan fingerprint density at radius 1 is 1.26 bits per heavy atom. The second-order valence-corrected chi connectivity index (χ2v) is 4.29. The smallest absolute Gasteiger partial charge is 0.347 e. The molecule has 1 rings (SSSR count). The molecular weight excluding hydrogens is 266 g/mol. The molecule has 0 fully saturated rings. The molecule has 0 aromatic heterocycles. The molecule has 0 bridgehead atoms. The third-order valence-electron chi connectivity index (χ3n) is 2.78. The Hall–Kier alpha value is -1.26. The monoisotopic (exact) mass is 285 g/mol. The van der Waals surface area contributed by atoms with Crippen LogP contribution in [0.4, 0.5) is 5.69 Å². The number of rotatable bonds is 7. The van der Waals surface area contributed by atoms with Crippen molar-refractivity contribution in [1.29, 1.82) is 0 Å². The van der Waals surface area contributed by atoms with E-state index in [1.807, 2.05) is 18.2 Å². The molecular formula is C14H20ClNO3. The van der Waals surface area contributed by atoms with Crippen LogP contribution in [-0.2, 0) is 27.2 Å². The molecule has 0 saturated heterocycles. The van der Waals surface area contributed by atoms with Gasteiger partial charge in [-0.25, -0.2) is 4.79 Å². The van der Waals surface area contributed by atoms with Crippen molar-refractivity contribution < 1.29 is 14.4 Å². The Bertz CT molecular complexity index is 401. The SMILES string of the molecule is CCc1cccc(CC)c1N(COC)OC(=O)CCl. The van der Waals surface area contributed by atoms with Crippen LogP contribution in [0.3, 0.4) is 0 Å². The Balaban J connectivity index is 3.15. The van der Waals surface area contributed by atoms with Crippen molar-refractivity contribution in [3.8, 4) is 0 Å². The number of para-hydroxylation sites is 1. The number of carbonyl (C=O) groups excluding carboxylic acids is 1. The minimum absolute atomic E-state index is 0.173. The molecule has 106 valence electrons. The van der Waals surface area contributed by atoms with E-state index in [-0.39, 0.29) is 12.6 Å². The fraction of sp³-hybridized carbons (Fsp3) is 0.500. The number of carbonyl (C=O) groups is 1. The van der Waals surface area contributed by atoms with E-state index in [2.05, 4.69) is 13.8 Å². The highest BCUT2D eigenvalue weighted by Crippen LogP contribution is 2.27. The predicted octanol–water partition coefficient (Wildman–Crippen LogP) is 2.92. The second kappa shape index (κ2) is 8.02. The van der Waals surface area contributed by atoms with Crippen molar-refractivity contribution in [1.82, 2.24) is 0 Å². The van der Waals surface area contributed by atoms with Crippen LogP contribution in [0.2, 0.25) is 0 Å². The molecule has 0 heterocycles. The normalized spacial score (nSPS) is 10.3. The molecule has 0 atom stereocenters. The predicted molar refractivity (Wildman–Crippen MR) is 76.4 cm³/mol. The summed E-state index contributed by atoms with van der Waals surface area (Å²) in [7, 11) is 1.56. The van der Waals surface area contributed by atoms with Crippen molar-refractivity contribution in [2.24, 2.45) is 0 Å². The molecule has 0 aliphatic rings. The zero-order valence-electron chi connectivity index (χ0n) is 11.6. The molecule has 0 unspecified atom stereocenters. The number of methoxy groups -OCH3 is 1. The quantitative estimate of drug-likeness (QED) is 0.439. The molecule has 0 saturated carbocycles. The van der Waals surface area contributed by atoms with Gasteiger partial charge in [0.1, 0.15) is 5.88 Å². The summed E-state index contributed by atoms with van der Waals surface area (Å²) in [4.78, 5) is 16.7. The number of anilines is 1. The first kappa shape index (κ1) is 15.8. The van der Waals surface area contributed by atoms with Crippen LogP contribution in [0.15, 0.2) is 18.2 Å². The first-order valence-electron chi connectivity index (χ1n) is 6.31. The summed E-state index contributed by atoms with van der Waals surface area (Å²) >= 11 is 5.49. The van der Waals surface area contributed by atoms with E-state index >= 15 is 0 Å². The number of benzene rings is 1. The van der Waals surface area contributed by atoms with E-state index in [0.29, 0.717) is 0 Å². The third-order valence-corrected chi connectivity index (χ3v) is 3.00. The van der Waals surface area contributed by atoms with Crippen molar-refractivity contribution >= 4 is 23.3 Å². The van der Waals surface area contributed by atoms with Gasteiger partial charge in [-0.15, -0.1) is 11.6 Å². The largest absolute Gasteiger partial charge is 0.361 e.